The molecule has 0 radical (unpaired) electrons. The van der Waals surface area contributed by atoms with Crippen molar-refractivity contribution < 1.29 is 13.2 Å². The van der Waals surface area contributed by atoms with Gasteiger partial charge in [0.1, 0.15) is 4.90 Å². The van der Waals surface area contributed by atoms with Crippen LogP contribution in [0.3, 0.4) is 0 Å². The second kappa shape index (κ2) is 4.75. The van der Waals surface area contributed by atoms with Crippen LogP contribution in [0.2, 0.25) is 0 Å². The summed E-state index contributed by atoms with van der Waals surface area (Å²) in [6.45, 7) is 0. The van der Waals surface area contributed by atoms with E-state index >= 15 is 0 Å². The van der Waals surface area contributed by atoms with Crippen molar-refractivity contribution in [1.29, 1.82) is 0 Å². The highest BCUT2D eigenvalue weighted by Crippen LogP contribution is 2.20. The molecule has 1 aromatic heterocycles. The average Bonchev–Trinajstić information content (AvgIpc) is 2.81. The fraction of sp³-hybridized carbons (Fsp3) is 0. The minimum Gasteiger partial charge on any atom is -0.366 e. The van der Waals surface area contributed by atoms with Crippen LogP contribution in [-0.4, -0.2) is 19.3 Å². The van der Waals surface area contributed by atoms with E-state index in [-0.39, 0.29) is 15.6 Å². The second-order valence-electron chi connectivity index (χ2n) is 3.30. The molecule has 0 spiro atoms. The number of hydrogen-bond acceptors (Lipinski definition) is 5. The van der Waals surface area contributed by atoms with E-state index in [1.165, 1.54) is 24.4 Å². The van der Waals surface area contributed by atoms with E-state index in [1.54, 1.807) is 11.4 Å². The van der Waals surface area contributed by atoms with Crippen LogP contribution < -0.4 is 10.5 Å². The summed E-state index contributed by atoms with van der Waals surface area (Å²) in [5, 5.41) is 1.87. The summed E-state index contributed by atoms with van der Waals surface area (Å²) in [7, 11) is -3.86. The van der Waals surface area contributed by atoms with Gasteiger partial charge in [-0.05, 0) is 12.1 Å². The molecule has 94 valence electrons. The Morgan fingerprint density at radius 3 is 2.67 bits per heavy atom. The van der Waals surface area contributed by atoms with Gasteiger partial charge in [0.15, 0.2) is 5.13 Å². The molecule has 0 aliphatic heterocycles. The summed E-state index contributed by atoms with van der Waals surface area (Å²) in [4.78, 5) is 14.8. The van der Waals surface area contributed by atoms with Crippen molar-refractivity contribution in [3.05, 3.63) is 41.4 Å². The lowest BCUT2D eigenvalue weighted by Crippen LogP contribution is -2.20. The molecule has 1 amide bonds. The molecule has 0 atom stereocenters. The third-order valence-electron chi connectivity index (χ3n) is 2.10. The zero-order chi connectivity index (χ0) is 13.2. The van der Waals surface area contributed by atoms with E-state index in [0.29, 0.717) is 0 Å². The lowest BCUT2D eigenvalue weighted by molar-refractivity contribution is 0.0997. The van der Waals surface area contributed by atoms with Crippen molar-refractivity contribution in [2.45, 2.75) is 4.90 Å². The van der Waals surface area contributed by atoms with Crippen molar-refractivity contribution >= 4 is 32.4 Å². The zero-order valence-corrected chi connectivity index (χ0v) is 10.7. The zero-order valence-electron chi connectivity index (χ0n) is 9.03. The summed E-state index contributed by atoms with van der Waals surface area (Å²) in [5.74, 6) is -0.796. The van der Waals surface area contributed by atoms with Crippen LogP contribution in [0.1, 0.15) is 10.4 Å². The molecule has 18 heavy (non-hydrogen) atoms. The maximum absolute atomic E-state index is 12.1. The van der Waals surface area contributed by atoms with Gasteiger partial charge in [-0.2, -0.15) is 0 Å². The highest BCUT2D eigenvalue weighted by molar-refractivity contribution is 7.93. The predicted octanol–water partition coefficient (Wildman–Crippen LogP) is 1.04. The molecule has 1 heterocycles. The summed E-state index contributed by atoms with van der Waals surface area (Å²) < 4.78 is 26.4. The summed E-state index contributed by atoms with van der Waals surface area (Å²) >= 11 is 1.14. The lowest BCUT2D eigenvalue weighted by Gasteiger charge is -2.08. The Morgan fingerprint density at radius 1 is 1.33 bits per heavy atom. The molecule has 1 aromatic carbocycles. The molecule has 0 fully saturated rings. The second-order valence-corrected chi connectivity index (χ2v) is 5.85. The molecular weight excluding hydrogens is 274 g/mol. The Hall–Kier alpha value is -1.93. The van der Waals surface area contributed by atoms with Crippen molar-refractivity contribution in [3.8, 4) is 0 Å². The molecular formula is C10H9N3O3S2. The minimum atomic E-state index is -3.86. The van der Waals surface area contributed by atoms with Crippen LogP contribution in [0.25, 0.3) is 0 Å². The van der Waals surface area contributed by atoms with E-state index in [4.69, 9.17) is 5.73 Å². The minimum absolute atomic E-state index is 0.0541. The number of nitrogens with two attached hydrogens (primary N) is 1. The number of thiazole rings is 1. The normalized spacial score (nSPS) is 11.1. The third kappa shape index (κ3) is 2.49. The monoisotopic (exact) mass is 283 g/mol. The first kappa shape index (κ1) is 12.5. The number of nitrogens with one attached hydrogen (secondary N) is 1. The average molecular weight is 283 g/mol. The van der Waals surface area contributed by atoms with Gasteiger partial charge in [0.05, 0.1) is 5.56 Å². The number of hydrogen-bond donors (Lipinski definition) is 2. The number of anilines is 1. The number of benzene rings is 1. The quantitative estimate of drug-likeness (QED) is 0.875. The largest absolute Gasteiger partial charge is 0.366 e. The summed E-state index contributed by atoms with van der Waals surface area (Å²) in [6.07, 6.45) is 1.47. The number of carbonyl (C=O) groups is 1. The van der Waals surface area contributed by atoms with Crippen LogP contribution in [0.5, 0.6) is 0 Å². The molecule has 0 bridgehead atoms. The van der Waals surface area contributed by atoms with Gasteiger partial charge in [-0.3, -0.25) is 9.52 Å². The first-order valence-electron chi connectivity index (χ1n) is 4.82. The fourth-order valence-electron chi connectivity index (χ4n) is 1.35. The van der Waals surface area contributed by atoms with Crippen LogP contribution in [0.4, 0.5) is 5.13 Å². The Balaban J connectivity index is 2.45. The van der Waals surface area contributed by atoms with Crippen molar-refractivity contribution in [3.63, 3.8) is 0 Å². The predicted molar refractivity (Wildman–Crippen MR) is 67.9 cm³/mol. The van der Waals surface area contributed by atoms with Gasteiger partial charge in [0.25, 0.3) is 10.0 Å². The van der Waals surface area contributed by atoms with Gasteiger partial charge in [0, 0.05) is 11.6 Å². The molecule has 3 N–H and O–H groups in total. The molecule has 0 saturated heterocycles. The molecule has 2 rings (SSSR count). The molecule has 2 aromatic rings. The maximum atomic E-state index is 12.1. The summed E-state index contributed by atoms with van der Waals surface area (Å²) in [5.41, 5.74) is 5.09. The standard InChI is InChI=1S/C10H9N3O3S2/c11-9(14)7-3-1-2-4-8(7)18(15,16)13-10-12-5-6-17-10/h1-6H,(H2,11,14)(H,12,13). The molecule has 0 aliphatic carbocycles. The Kier molecular flexibility index (Phi) is 3.30. The first-order chi connectivity index (χ1) is 8.50. The number of nitrogens with zero attached hydrogens (tertiary/aromatic N) is 1. The molecule has 0 unspecified atom stereocenters. The summed E-state index contributed by atoms with van der Waals surface area (Å²) in [6, 6.07) is 5.74. The molecule has 8 heteroatoms. The Labute approximate surface area is 108 Å². The van der Waals surface area contributed by atoms with Crippen molar-refractivity contribution in [1.82, 2.24) is 4.98 Å². The van der Waals surface area contributed by atoms with Crippen LogP contribution >= 0.6 is 11.3 Å². The van der Waals surface area contributed by atoms with E-state index in [1.807, 2.05) is 0 Å². The smallest absolute Gasteiger partial charge is 0.264 e. The Morgan fingerprint density at radius 2 is 2.06 bits per heavy atom. The van der Waals surface area contributed by atoms with Gasteiger partial charge in [-0.25, -0.2) is 13.4 Å². The molecule has 0 saturated carbocycles. The topological polar surface area (TPSA) is 102 Å². The number of aromatic nitrogens is 1. The van der Waals surface area contributed by atoms with Crippen molar-refractivity contribution in [2.75, 3.05) is 4.72 Å². The van der Waals surface area contributed by atoms with E-state index in [2.05, 4.69) is 9.71 Å². The Bertz CT molecular complexity index is 665. The van der Waals surface area contributed by atoms with Gasteiger partial charge >= 0.3 is 0 Å². The van der Waals surface area contributed by atoms with Gasteiger partial charge in [0.2, 0.25) is 5.91 Å². The van der Waals surface area contributed by atoms with Crippen LogP contribution in [0, 0.1) is 0 Å². The number of rotatable bonds is 4. The first-order valence-corrected chi connectivity index (χ1v) is 7.18. The van der Waals surface area contributed by atoms with Crippen molar-refractivity contribution in [2.24, 2.45) is 5.73 Å². The molecule has 0 aliphatic rings. The van der Waals surface area contributed by atoms with E-state index in [9.17, 15) is 13.2 Å². The molecule has 6 nitrogen and oxygen atoms in total. The van der Waals surface area contributed by atoms with Gasteiger partial charge < -0.3 is 5.73 Å². The van der Waals surface area contributed by atoms with Crippen LogP contribution in [0.15, 0.2) is 40.7 Å². The highest BCUT2D eigenvalue weighted by Gasteiger charge is 2.21. The maximum Gasteiger partial charge on any atom is 0.264 e. The van der Waals surface area contributed by atoms with Crippen LogP contribution in [-0.2, 0) is 10.0 Å². The lowest BCUT2D eigenvalue weighted by atomic mass is 10.2. The van der Waals surface area contributed by atoms with Gasteiger partial charge in [-0.15, -0.1) is 11.3 Å². The number of primary amides is 1. The number of carbonyl (C=O) groups excluding carboxylic acids is 1. The number of sulfonamides is 1. The van der Waals surface area contributed by atoms with Gasteiger partial charge in [-0.1, -0.05) is 12.1 Å². The third-order valence-corrected chi connectivity index (χ3v) is 4.31. The SMILES string of the molecule is NC(=O)c1ccccc1S(=O)(=O)Nc1nccs1. The number of amides is 1. The highest BCUT2D eigenvalue weighted by atomic mass is 32.2. The fourth-order valence-corrected chi connectivity index (χ4v) is 3.35. The van der Waals surface area contributed by atoms with E-state index < -0.39 is 15.9 Å². The van der Waals surface area contributed by atoms with E-state index in [0.717, 1.165) is 11.3 Å².